The zero-order valence-corrected chi connectivity index (χ0v) is 17.0. The van der Waals surface area contributed by atoms with Crippen LogP contribution in [-0.2, 0) is 14.6 Å². The Labute approximate surface area is 163 Å². The van der Waals surface area contributed by atoms with E-state index in [0.717, 1.165) is 34.5 Å². The number of anilines is 1. The molecular weight excluding hydrogens is 442 g/mol. The van der Waals surface area contributed by atoms with Crippen molar-refractivity contribution in [1.29, 1.82) is 0 Å². The van der Waals surface area contributed by atoms with E-state index >= 15 is 0 Å². The van der Waals surface area contributed by atoms with Gasteiger partial charge in [-0.05, 0) is 36.0 Å². The van der Waals surface area contributed by atoms with Crippen LogP contribution < -0.4 is 10.2 Å². The lowest BCUT2D eigenvalue weighted by Crippen LogP contribution is -2.57. The summed E-state index contributed by atoms with van der Waals surface area (Å²) < 4.78 is 33.5. The molecule has 0 saturated carbocycles. The summed E-state index contributed by atoms with van der Waals surface area (Å²) in [6, 6.07) is 2.48. The van der Waals surface area contributed by atoms with Gasteiger partial charge < -0.3 is 10.2 Å². The third-order valence-electron chi connectivity index (χ3n) is 3.89. The predicted octanol–water partition coefficient (Wildman–Crippen LogP) is 0.669. The van der Waals surface area contributed by atoms with E-state index in [1.54, 1.807) is 12.5 Å². The van der Waals surface area contributed by atoms with Gasteiger partial charge in [-0.3, -0.25) is 8.95 Å². The van der Waals surface area contributed by atoms with Crippen LogP contribution in [0, 0.1) is 0 Å². The van der Waals surface area contributed by atoms with Gasteiger partial charge in [-0.15, -0.1) is 10.2 Å². The highest BCUT2D eigenvalue weighted by Crippen LogP contribution is 2.26. The number of nitrogens with one attached hydrogen (secondary N) is 1. The second kappa shape index (κ2) is 7.98. The Bertz CT molecular complexity index is 1050. The van der Waals surface area contributed by atoms with Gasteiger partial charge in [0.15, 0.2) is 11.5 Å². The molecule has 3 aromatic rings. The molecule has 0 atom stereocenters. The Morgan fingerprint density at radius 1 is 1.44 bits per heavy atom. The molecule has 27 heavy (non-hydrogen) atoms. The molecule has 0 amide bonds. The van der Waals surface area contributed by atoms with Gasteiger partial charge in [0, 0.05) is 29.8 Å². The summed E-state index contributed by atoms with van der Waals surface area (Å²) in [4.78, 5) is 11.2. The lowest BCUT2D eigenvalue weighted by atomic mass is 10.1. The normalized spacial score (nSPS) is 14.9. The molecule has 3 aromatic heterocycles. The Morgan fingerprint density at radius 3 is 2.78 bits per heavy atom. The molecule has 4 rings (SSSR count). The van der Waals surface area contributed by atoms with Gasteiger partial charge >= 0.3 is 10.4 Å². The summed E-state index contributed by atoms with van der Waals surface area (Å²) in [6.07, 6.45) is 3.45. The lowest BCUT2D eigenvalue weighted by Gasteiger charge is -2.39. The largest absolute Gasteiger partial charge is 0.397 e. The molecule has 4 heterocycles. The van der Waals surface area contributed by atoms with Crippen LogP contribution in [0.15, 0.2) is 23.1 Å². The molecule has 0 unspecified atom stereocenters. The summed E-state index contributed by atoms with van der Waals surface area (Å²) in [7, 11) is -2.20. The second-order valence-corrected chi connectivity index (χ2v) is 7.69. The number of nitrogens with zero attached hydrogens (tertiary/aromatic N) is 6. The predicted molar refractivity (Wildman–Crippen MR) is 102 cm³/mol. The van der Waals surface area contributed by atoms with Crippen LogP contribution in [0.1, 0.15) is 6.92 Å². The van der Waals surface area contributed by atoms with Gasteiger partial charge in [0.1, 0.15) is 6.33 Å². The second-order valence-electron chi connectivity index (χ2n) is 5.68. The summed E-state index contributed by atoms with van der Waals surface area (Å²) >= 11 is 3.43. The smallest absolute Gasteiger partial charge is 0.350 e. The Morgan fingerprint density at radius 2 is 2.19 bits per heavy atom. The highest BCUT2D eigenvalue weighted by atomic mass is 79.9. The van der Waals surface area contributed by atoms with E-state index in [9.17, 15) is 8.42 Å². The van der Waals surface area contributed by atoms with E-state index in [1.165, 1.54) is 6.92 Å². The van der Waals surface area contributed by atoms with Crippen molar-refractivity contribution in [3.8, 4) is 0 Å². The minimum Gasteiger partial charge on any atom is -0.350 e. The molecule has 11 nitrogen and oxygen atoms in total. The first-order valence-electron chi connectivity index (χ1n) is 8.01. The summed E-state index contributed by atoms with van der Waals surface area (Å²) in [5, 5.41) is 11.5. The van der Waals surface area contributed by atoms with Crippen molar-refractivity contribution in [3.05, 3.63) is 23.1 Å². The van der Waals surface area contributed by atoms with Gasteiger partial charge in [-0.25, -0.2) is 14.2 Å². The highest BCUT2D eigenvalue weighted by Gasteiger charge is 2.29. The molecule has 0 aromatic carbocycles. The molecule has 0 spiro atoms. The van der Waals surface area contributed by atoms with Crippen molar-refractivity contribution in [3.63, 3.8) is 0 Å². The number of pyridine rings is 1. The van der Waals surface area contributed by atoms with E-state index in [2.05, 4.69) is 50.5 Å². The van der Waals surface area contributed by atoms with E-state index in [1.807, 2.05) is 17.5 Å². The Balaban J connectivity index is 0.000000260. The molecule has 1 aliphatic rings. The van der Waals surface area contributed by atoms with Gasteiger partial charge in [0.25, 0.3) is 0 Å². The Kier molecular flexibility index (Phi) is 5.86. The molecule has 13 heteroatoms. The van der Waals surface area contributed by atoms with E-state index in [0.29, 0.717) is 11.7 Å². The fourth-order valence-corrected chi connectivity index (χ4v) is 3.21. The Hall–Kier alpha value is -1.93. The quantitative estimate of drug-likeness (QED) is 0.535. The first-order valence-corrected chi connectivity index (χ1v) is 10.2. The van der Waals surface area contributed by atoms with Gasteiger partial charge in [-0.1, -0.05) is 0 Å². The van der Waals surface area contributed by atoms with Gasteiger partial charge in [-0.2, -0.15) is 8.42 Å². The lowest BCUT2D eigenvalue weighted by molar-refractivity contribution is 0.283. The van der Waals surface area contributed by atoms with Gasteiger partial charge in [0.05, 0.1) is 12.1 Å². The van der Waals surface area contributed by atoms with Crippen LogP contribution in [-0.4, -0.2) is 70.3 Å². The standard InChI is InChI=1S/C12H12BrN7.C2H6O4S/c1-14-8-4-19(5-8)11-12-18-16-6-20(12)9-2-7(13)3-15-10(9)17-11;1-2-6-7(3,4)5/h2-3,6,8,14H,4-5H2,1H3;2H2,1H3,(H,3,4,5). The molecule has 146 valence electrons. The molecule has 0 bridgehead atoms. The number of aromatic nitrogens is 5. The minimum atomic E-state index is -4.17. The molecule has 2 N–H and O–H groups in total. The maximum Gasteiger partial charge on any atom is 0.397 e. The third-order valence-corrected chi connectivity index (χ3v) is 4.86. The summed E-state index contributed by atoms with van der Waals surface area (Å²) in [6.45, 7) is 3.29. The maximum atomic E-state index is 9.56. The monoisotopic (exact) mass is 459 g/mol. The first kappa shape index (κ1) is 19.8. The van der Waals surface area contributed by atoms with Crippen LogP contribution in [0.5, 0.6) is 0 Å². The van der Waals surface area contributed by atoms with Crippen LogP contribution in [0.25, 0.3) is 16.8 Å². The number of likely N-dealkylation sites (N-methyl/N-ethyl adjacent to an activating group) is 1. The molecule has 0 aliphatic carbocycles. The van der Waals surface area contributed by atoms with Crippen LogP contribution in [0.2, 0.25) is 0 Å². The van der Waals surface area contributed by atoms with E-state index in [-0.39, 0.29) is 6.61 Å². The van der Waals surface area contributed by atoms with Gasteiger partial charge in [0.2, 0.25) is 5.65 Å². The SMILES string of the molecule is CCOS(=O)(=O)O.CNC1CN(c2nc3ncc(Br)cc3n3cnnc23)C1. The molecule has 1 saturated heterocycles. The fourth-order valence-electron chi connectivity index (χ4n) is 2.59. The van der Waals surface area contributed by atoms with Crippen LogP contribution in [0.3, 0.4) is 0 Å². The maximum absolute atomic E-state index is 9.56. The van der Waals surface area contributed by atoms with Crippen molar-refractivity contribution in [1.82, 2.24) is 29.9 Å². The first-order chi connectivity index (χ1) is 12.8. The number of hydrogen-bond donors (Lipinski definition) is 2. The molecule has 1 fully saturated rings. The average Bonchev–Trinajstić information content (AvgIpc) is 3.04. The van der Waals surface area contributed by atoms with Crippen molar-refractivity contribution in [2.24, 2.45) is 0 Å². The number of rotatable bonds is 4. The summed E-state index contributed by atoms with van der Waals surface area (Å²) in [5.74, 6) is 0.844. The molecular formula is C14H18BrN7O4S. The number of fused-ring (bicyclic) bond motifs is 3. The molecule has 1 aliphatic heterocycles. The highest BCUT2D eigenvalue weighted by molar-refractivity contribution is 9.10. The average molecular weight is 460 g/mol. The van der Waals surface area contributed by atoms with Crippen molar-refractivity contribution >= 4 is 49.0 Å². The van der Waals surface area contributed by atoms with Crippen molar-refractivity contribution in [2.45, 2.75) is 13.0 Å². The third kappa shape index (κ3) is 4.50. The van der Waals surface area contributed by atoms with Crippen LogP contribution in [0.4, 0.5) is 5.82 Å². The number of halogens is 1. The van der Waals surface area contributed by atoms with Crippen molar-refractivity contribution in [2.75, 3.05) is 31.6 Å². The summed E-state index contributed by atoms with van der Waals surface area (Å²) in [5.41, 5.74) is 2.36. The zero-order valence-electron chi connectivity index (χ0n) is 14.6. The fraction of sp³-hybridized carbons (Fsp3) is 0.429. The minimum absolute atomic E-state index is 0.0289. The zero-order chi connectivity index (χ0) is 19.6. The van der Waals surface area contributed by atoms with Crippen molar-refractivity contribution < 1.29 is 17.2 Å². The number of hydrogen-bond acceptors (Lipinski definition) is 9. The van der Waals surface area contributed by atoms with Crippen LogP contribution >= 0.6 is 15.9 Å². The van der Waals surface area contributed by atoms with E-state index < -0.39 is 10.4 Å². The molecule has 0 radical (unpaired) electrons. The van der Waals surface area contributed by atoms with E-state index in [4.69, 9.17) is 4.55 Å². The topological polar surface area (TPSA) is 135 Å².